The van der Waals surface area contributed by atoms with Crippen molar-refractivity contribution in [1.82, 2.24) is 9.97 Å². The van der Waals surface area contributed by atoms with E-state index in [1.165, 1.54) is 11.3 Å². The van der Waals surface area contributed by atoms with E-state index in [1.807, 2.05) is 12.3 Å². The average Bonchev–Trinajstić information content (AvgIpc) is 2.75. The minimum Gasteiger partial charge on any atom is -0.287 e. The van der Waals surface area contributed by atoms with Crippen LogP contribution in [-0.2, 0) is 0 Å². The highest BCUT2D eigenvalue weighted by atomic mass is 32.1. The zero-order chi connectivity index (χ0) is 11.5. The molecule has 2 aromatic rings. The van der Waals surface area contributed by atoms with Crippen molar-refractivity contribution < 1.29 is 4.79 Å². The van der Waals surface area contributed by atoms with Crippen LogP contribution in [0.4, 0.5) is 5.13 Å². The van der Waals surface area contributed by atoms with E-state index in [-0.39, 0.29) is 5.91 Å². The lowest BCUT2D eigenvalue weighted by Gasteiger charge is -2.13. The number of anilines is 1. The molecule has 0 saturated heterocycles. The molecule has 0 saturated carbocycles. The van der Waals surface area contributed by atoms with Crippen molar-refractivity contribution in [3.8, 4) is 0 Å². The van der Waals surface area contributed by atoms with Gasteiger partial charge in [0.1, 0.15) is 0 Å². The van der Waals surface area contributed by atoms with Crippen molar-refractivity contribution in [2.24, 2.45) is 0 Å². The third-order valence-corrected chi connectivity index (χ3v) is 3.16. The van der Waals surface area contributed by atoms with E-state index in [1.54, 1.807) is 36.5 Å². The number of hydrogen-bond donors (Lipinski definition) is 0. The molecule has 1 amide bonds. The summed E-state index contributed by atoms with van der Waals surface area (Å²) in [5.41, 5.74) is 1.54. The zero-order valence-electron chi connectivity index (χ0n) is 9.04. The highest BCUT2D eigenvalue weighted by Crippen LogP contribution is 2.20. The van der Waals surface area contributed by atoms with Crippen LogP contribution in [0.25, 0.3) is 0 Å². The largest absolute Gasteiger partial charge is 0.287 e. The number of amides is 1. The van der Waals surface area contributed by atoms with Gasteiger partial charge in [0.25, 0.3) is 5.91 Å². The lowest BCUT2D eigenvalue weighted by Crippen LogP contribution is -2.26. The Morgan fingerprint density at radius 3 is 2.62 bits per heavy atom. The fraction of sp³-hybridized carbons (Fsp3) is 0.182. The molecular formula is C11H11N3OS. The summed E-state index contributed by atoms with van der Waals surface area (Å²) < 4.78 is 0. The van der Waals surface area contributed by atoms with Gasteiger partial charge in [0.15, 0.2) is 5.13 Å². The summed E-state index contributed by atoms with van der Waals surface area (Å²) >= 11 is 1.46. The van der Waals surface area contributed by atoms with Crippen LogP contribution < -0.4 is 4.90 Å². The molecule has 2 aromatic heterocycles. The first-order valence-corrected chi connectivity index (χ1v) is 5.66. The number of aryl methyl sites for hydroxylation is 1. The Balaban J connectivity index is 2.23. The molecule has 0 aromatic carbocycles. The van der Waals surface area contributed by atoms with Gasteiger partial charge in [0.05, 0.1) is 5.69 Å². The summed E-state index contributed by atoms with van der Waals surface area (Å²) in [4.78, 5) is 21.7. The van der Waals surface area contributed by atoms with Gasteiger partial charge < -0.3 is 0 Å². The Labute approximate surface area is 97.6 Å². The average molecular weight is 233 g/mol. The molecule has 16 heavy (non-hydrogen) atoms. The number of rotatable bonds is 2. The van der Waals surface area contributed by atoms with Crippen molar-refractivity contribution >= 4 is 22.4 Å². The second kappa shape index (κ2) is 4.40. The Hall–Kier alpha value is -1.75. The van der Waals surface area contributed by atoms with Gasteiger partial charge in [-0.3, -0.25) is 14.7 Å². The molecule has 4 nitrogen and oxygen atoms in total. The monoisotopic (exact) mass is 233 g/mol. The van der Waals surface area contributed by atoms with Gasteiger partial charge in [-0.25, -0.2) is 4.98 Å². The molecule has 0 spiro atoms. The van der Waals surface area contributed by atoms with E-state index in [0.717, 1.165) is 5.69 Å². The SMILES string of the molecule is Cc1csc(N(C)C(=O)c2ccncc2)n1. The number of carbonyl (C=O) groups excluding carboxylic acids is 1. The van der Waals surface area contributed by atoms with Crippen molar-refractivity contribution in [3.63, 3.8) is 0 Å². The number of aromatic nitrogens is 2. The molecule has 0 radical (unpaired) electrons. The van der Waals surface area contributed by atoms with E-state index in [4.69, 9.17) is 0 Å². The number of hydrogen-bond acceptors (Lipinski definition) is 4. The number of pyridine rings is 1. The Kier molecular flexibility index (Phi) is 2.96. The number of carbonyl (C=O) groups is 1. The van der Waals surface area contributed by atoms with E-state index in [0.29, 0.717) is 10.7 Å². The second-order valence-corrected chi connectivity index (χ2v) is 4.21. The minimum absolute atomic E-state index is 0.0725. The first kappa shape index (κ1) is 10.8. The highest BCUT2D eigenvalue weighted by molar-refractivity contribution is 7.14. The molecule has 0 aliphatic carbocycles. The predicted molar refractivity (Wildman–Crippen MR) is 63.8 cm³/mol. The van der Waals surface area contributed by atoms with Crippen LogP contribution in [0.1, 0.15) is 16.1 Å². The summed E-state index contributed by atoms with van der Waals surface area (Å²) in [6.07, 6.45) is 3.21. The molecule has 0 atom stereocenters. The van der Waals surface area contributed by atoms with E-state index in [9.17, 15) is 4.79 Å². The van der Waals surface area contributed by atoms with Crippen LogP contribution in [0.2, 0.25) is 0 Å². The van der Waals surface area contributed by atoms with Gasteiger partial charge in [-0.1, -0.05) is 0 Å². The first-order valence-electron chi connectivity index (χ1n) is 4.78. The van der Waals surface area contributed by atoms with E-state index in [2.05, 4.69) is 9.97 Å². The van der Waals surface area contributed by atoms with Gasteiger partial charge in [0, 0.05) is 30.4 Å². The standard InChI is InChI=1S/C11H11N3OS/c1-8-7-16-11(13-8)14(2)10(15)9-3-5-12-6-4-9/h3-7H,1-2H3. The normalized spacial score (nSPS) is 10.1. The van der Waals surface area contributed by atoms with Crippen LogP contribution in [0.3, 0.4) is 0 Å². The highest BCUT2D eigenvalue weighted by Gasteiger charge is 2.15. The van der Waals surface area contributed by atoms with E-state index >= 15 is 0 Å². The summed E-state index contributed by atoms with van der Waals surface area (Å²) in [6, 6.07) is 3.39. The third-order valence-electron chi connectivity index (χ3n) is 2.13. The van der Waals surface area contributed by atoms with Crippen LogP contribution in [0, 0.1) is 6.92 Å². The van der Waals surface area contributed by atoms with Crippen molar-refractivity contribution in [1.29, 1.82) is 0 Å². The van der Waals surface area contributed by atoms with Crippen LogP contribution in [0.5, 0.6) is 0 Å². The smallest absolute Gasteiger partial charge is 0.259 e. The van der Waals surface area contributed by atoms with Gasteiger partial charge in [0.2, 0.25) is 0 Å². The Morgan fingerprint density at radius 2 is 2.06 bits per heavy atom. The summed E-state index contributed by atoms with van der Waals surface area (Å²) in [6.45, 7) is 1.91. The van der Waals surface area contributed by atoms with Crippen molar-refractivity contribution in [2.75, 3.05) is 11.9 Å². The van der Waals surface area contributed by atoms with Crippen LogP contribution in [-0.4, -0.2) is 22.9 Å². The van der Waals surface area contributed by atoms with Gasteiger partial charge >= 0.3 is 0 Å². The fourth-order valence-electron chi connectivity index (χ4n) is 1.27. The van der Waals surface area contributed by atoms with Gasteiger partial charge in [-0.05, 0) is 19.1 Å². The van der Waals surface area contributed by atoms with Gasteiger partial charge in [-0.2, -0.15) is 0 Å². The first-order chi connectivity index (χ1) is 7.68. The zero-order valence-corrected chi connectivity index (χ0v) is 9.86. The fourth-order valence-corrected chi connectivity index (χ4v) is 2.04. The summed E-state index contributed by atoms with van der Waals surface area (Å²) in [5, 5.41) is 2.63. The van der Waals surface area contributed by atoms with Crippen molar-refractivity contribution in [2.45, 2.75) is 6.92 Å². The van der Waals surface area contributed by atoms with Gasteiger partial charge in [-0.15, -0.1) is 11.3 Å². The summed E-state index contributed by atoms with van der Waals surface area (Å²) in [5.74, 6) is -0.0725. The molecule has 0 bridgehead atoms. The molecular weight excluding hydrogens is 222 g/mol. The second-order valence-electron chi connectivity index (χ2n) is 3.37. The van der Waals surface area contributed by atoms with Crippen LogP contribution in [0.15, 0.2) is 29.9 Å². The molecule has 2 rings (SSSR count). The topological polar surface area (TPSA) is 46.1 Å². The molecule has 82 valence electrons. The van der Waals surface area contributed by atoms with Crippen LogP contribution >= 0.6 is 11.3 Å². The Bertz CT molecular complexity index is 495. The van der Waals surface area contributed by atoms with Crippen molar-refractivity contribution in [3.05, 3.63) is 41.2 Å². The maximum absolute atomic E-state index is 12.0. The number of nitrogens with zero attached hydrogens (tertiary/aromatic N) is 3. The maximum Gasteiger partial charge on any atom is 0.259 e. The maximum atomic E-state index is 12.0. The molecule has 5 heteroatoms. The molecule has 0 unspecified atom stereocenters. The molecule has 0 N–H and O–H groups in total. The molecule has 0 fully saturated rings. The molecule has 0 aliphatic heterocycles. The lowest BCUT2D eigenvalue weighted by molar-refractivity contribution is 0.0993. The lowest BCUT2D eigenvalue weighted by atomic mass is 10.2. The molecule has 0 aliphatic rings. The Morgan fingerprint density at radius 1 is 1.38 bits per heavy atom. The third kappa shape index (κ3) is 2.09. The number of thiazole rings is 1. The van der Waals surface area contributed by atoms with E-state index < -0.39 is 0 Å². The predicted octanol–water partition coefficient (Wildman–Crippen LogP) is 2.12. The summed E-state index contributed by atoms with van der Waals surface area (Å²) in [7, 11) is 1.72. The minimum atomic E-state index is -0.0725. The quantitative estimate of drug-likeness (QED) is 0.798. The molecule has 2 heterocycles.